The van der Waals surface area contributed by atoms with Crippen molar-refractivity contribution in [3.05, 3.63) is 71.3 Å². The van der Waals surface area contributed by atoms with Gasteiger partial charge in [0.2, 0.25) is 0 Å². The van der Waals surface area contributed by atoms with Gasteiger partial charge in [0.15, 0.2) is 11.6 Å². The normalized spacial score (nSPS) is 29.4. The number of benzene rings is 2. The van der Waals surface area contributed by atoms with Gasteiger partial charge in [0.05, 0.1) is 0 Å². The molecule has 2 bridgehead atoms. The van der Waals surface area contributed by atoms with Crippen molar-refractivity contribution in [3.8, 4) is 0 Å². The van der Waals surface area contributed by atoms with Crippen molar-refractivity contribution in [1.82, 2.24) is 9.80 Å². The summed E-state index contributed by atoms with van der Waals surface area (Å²) < 4.78 is 26.9. The molecular formula is C24H26F2N2O. The second kappa shape index (κ2) is 7.52. The molecule has 3 aliphatic rings. The topological polar surface area (TPSA) is 23.6 Å². The minimum Gasteiger partial charge on any atom is -0.338 e. The number of piperidine rings is 3. The van der Waals surface area contributed by atoms with Crippen molar-refractivity contribution in [3.63, 3.8) is 0 Å². The molecule has 2 aromatic carbocycles. The fraction of sp³-hybridized carbons (Fsp3) is 0.458. The molecule has 0 aliphatic carbocycles. The zero-order chi connectivity index (χ0) is 20.0. The molecule has 3 nitrogen and oxygen atoms in total. The summed E-state index contributed by atoms with van der Waals surface area (Å²) in [5.74, 6) is -1.17. The summed E-state index contributed by atoms with van der Waals surface area (Å²) >= 11 is 0. The van der Waals surface area contributed by atoms with E-state index < -0.39 is 11.6 Å². The predicted molar refractivity (Wildman–Crippen MR) is 107 cm³/mol. The summed E-state index contributed by atoms with van der Waals surface area (Å²) in [6.07, 6.45) is 4.73. The van der Waals surface area contributed by atoms with Gasteiger partial charge in [0.1, 0.15) is 0 Å². The van der Waals surface area contributed by atoms with Crippen LogP contribution in [0.15, 0.2) is 48.5 Å². The monoisotopic (exact) mass is 396 g/mol. The van der Waals surface area contributed by atoms with E-state index in [1.54, 1.807) is 0 Å². The Labute approximate surface area is 170 Å². The molecule has 1 amide bonds. The molecule has 5 heteroatoms. The van der Waals surface area contributed by atoms with Gasteiger partial charge in [-0.1, -0.05) is 30.3 Å². The SMILES string of the molecule is O=C(c1ccc(F)c(F)c1)N1C[C@@H]2C[C@H](C1)[C@@H]1CCC[C@H](c3ccccc3)N1C2. The van der Waals surface area contributed by atoms with E-state index in [1.165, 1.54) is 30.9 Å². The van der Waals surface area contributed by atoms with E-state index in [0.717, 1.165) is 25.1 Å². The molecule has 0 saturated carbocycles. The zero-order valence-corrected chi connectivity index (χ0v) is 16.4. The van der Waals surface area contributed by atoms with Crippen LogP contribution in [0.5, 0.6) is 0 Å². The van der Waals surface area contributed by atoms with Gasteiger partial charge in [-0.15, -0.1) is 0 Å². The van der Waals surface area contributed by atoms with E-state index in [-0.39, 0.29) is 11.5 Å². The van der Waals surface area contributed by atoms with Crippen molar-refractivity contribution in [2.24, 2.45) is 11.8 Å². The Morgan fingerprint density at radius 2 is 1.76 bits per heavy atom. The van der Waals surface area contributed by atoms with Crippen LogP contribution in [0.4, 0.5) is 8.78 Å². The Morgan fingerprint density at radius 1 is 0.931 bits per heavy atom. The van der Waals surface area contributed by atoms with Crippen LogP contribution in [0, 0.1) is 23.5 Å². The van der Waals surface area contributed by atoms with E-state index in [2.05, 4.69) is 35.2 Å². The predicted octanol–water partition coefficient (Wildman–Crippen LogP) is 4.65. The van der Waals surface area contributed by atoms with E-state index in [9.17, 15) is 13.6 Å². The first kappa shape index (κ1) is 18.7. The second-order valence-corrected chi connectivity index (χ2v) is 8.82. The van der Waals surface area contributed by atoms with Crippen LogP contribution in [-0.2, 0) is 0 Å². The molecule has 0 N–H and O–H groups in total. The number of rotatable bonds is 2. The second-order valence-electron chi connectivity index (χ2n) is 8.82. The first-order valence-corrected chi connectivity index (χ1v) is 10.6. The van der Waals surface area contributed by atoms with Gasteiger partial charge in [-0.25, -0.2) is 8.78 Å². The summed E-state index contributed by atoms with van der Waals surface area (Å²) in [5, 5.41) is 0. The molecule has 0 aromatic heterocycles. The van der Waals surface area contributed by atoms with Crippen LogP contribution in [-0.4, -0.2) is 41.4 Å². The highest BCUT2D eigenvalue weighted by atomic mass is 19.2. The lowest BCUT2D eigenvalue weighted by molar-refractivity contribution is -0.0511. The summed E-state index contributed by atoms with van der Waals surface area (Å²) in [6.45, 7) is 2.40. The third-order valence-corrected chi connectivity index (χ3v) is 7.02. The van der Waals surface area contributed by atoms with Gasteiger partial charge < -0.3 is 4.90 Å². The number of nitrogens with zero attached hydrogens (tertiary/aromatic N) is 2. The van der Waals surface area contributed by atoms with Gasteiger partial charge in [-0.05, 0) is 61.3 Å². The molecule has 3 heterocycles. The van der Waals surface area contributed by atoms with Crippen LogP contribution in [0.2, 0.25) is 0 Å². The van der Waals surface area contributed by atoms with Crippen molar-refractivity contribution < 1.29 is 13.6 Å². The Morgan fingerprint density at radius 3 is 2.55 bits per heavy atom. The molecule has 3 saturated heterocycles. The Hall–Kier alpha value is -2.27. The molecule has 3 aliphatic heterocycles. The van der Waals surface area contributed by atoms with Crippen molar-refractivity contribution in [2.45, 2.75) is 37.8 Å². The average molecular weight is 396 g/mol. The van der Waals surface area contributed by atoms with Gasteiger partial charge in [-0.3, -0.25) is 9.69 Å². The molecule has 4 atom stereocenters. The lowest BCUT2D eigenvalue weighted by Gasteiger charge is -2.55. The quantitative estimate of drug-likeness (QED) is 0.738. The number of halogens is 2. The van der Waals surface area contributed by atoms with E-state index in [4.69, 9.17) is 0 Å². The lowest BCUT2D eigenvalue weighted by atomic mass is 9.74. The summed E-state index contributed by atoms with van der Waals surface area (Å²) in [7, 11) is 0. The first-order chi connectivity index (χ1) is 14.1. The average Bonchev–Trinajstić information content (AvgIpc) is 2.75. The Bertz CT molecular complexity index is 903. The molecule has 3 fully saturated rings. The molecular weight excluding hydrogens is 370 g/mol. The van der Waals surface area contributed by atoms with Crippen LogP contribution in [0.1, 0.15) is 47.6 Å². The van der Waals surface area contributed by atoms with E-state index in [1.807, 2.05) is 4.90 Å². The number of hydrogen-bond acceptors (Lipinski definition) is 2. The van der Waals surface area contributed by atoms with Crippen LogP contribution in [0.3, 0.4) is 0 Å². The highest BCUT2D eigenvalue weighted by Gasteiger charge is 2.45. The van der Waals surface area contributed by atoms with Crippen molar-refractivity contribution in [1.29, 1.82) is 0 Å². The van der Waals surface area contributed by atoms with Gasteiger partial charge in [-0.2, -0.15) is 0 Å². The van der Waals surface area contributed by atoms with Gasteiger partial charge in [0.25, 0.3) is 5.91 Å². The Balaban J connectivity index is 1.35. The van der Waals surface area contributed by atoms with Crippen LogP contribution in [0.25, 0.3) is 0 Å². The van der Waals surface area contributed by atoms with Gasteiger partial charge >= 0.3 is 0 Å². The molecule has 2 aromatic rings. The maximum Gasteiger partial charge on any atom is 0.253 e. The fourth-order valence-electron chi connectivity index (χ4n) is 5.82. The minimum absolute atomic E-state index is 0.178. The summed E-state index contributed by atoms with van der Waals surface area (Å²) in [4.78, 5) is 17.5. The largest absolute Gasteiger partial charge is 0.338 e. The number of hydrogen-bond donors (Lipinski definition) is 0. The fourth-order valence-corrected chi connectivity index (χ4v) is 5.82. The standard InChI is InChI=1S/C24H26F2N2O/c25-20-10-9-18(12-21(20)26)24(29)27-13-16-11-19(15-27)23-8-4-7-22(28(23)14-16)17-5-2-1-3-6-17/h1-3,5-6,9-10,12,16,19,22-23H,4,7-8,11,13-15H2/t16-,19+,22+,23-/m0/s1. The van der Waals surface area contributed by atoms with E-state index in [0.29, 0.717) is 37.0 Å². The van der Waals surface area contributed by atoms with Gasteiger partial charge in [0, 0.05) is 37.3 Å². The molecule has 5 rings (SSSR count). The molecule has 29 heavy (non-hydrogen) atoms. The highest BCUT2D eigenvalue weighted by molar-refractivity contribution is 5.94. The molecule has 0 spiro atoms. The van der Waals surface area contributed by atoms with Crippen LogP contribution < -0.4 is 0 Å². The number of amides is 1. The number of carbonyl (C=O) groups is 1. The minimum atomic E-state index is -0.961. The van der Waals surface area contributed by atoms with Crippen molar-refractivity contribution >= 4 is 5.91 Å². The van der Waals surface area contributed by atoms with E-state index >= 15 is 0 Å². The molecule has 0 radical (unpaired) electrons. The maximum absolute atomic E-state index is 13.6. The molecule has 0 unspecified atom stereocenters. The first-order valence-electron chi connectivity index (χ1n) is 10.6. The Kier molecular flexibility index (Phi) is 4.86. The van der Waals surface area contributed by atoms with Crippen molar-refractivity contribution in [2.75, 3.05) is 19.6 Å². The summed E-state index contributed by atoms with van der Waals surface area (Å²) in [5.41, 5.74) is 1.64. The lowest BCUT2D eigenvalue weighted by Crippen LogP contribution is -2.60. The smallest absolute Gasteiger partial charge is 0.253 e. The number of fused-ring (bicyclic) bond motifs is 4. The maximum atomic E-state index is 13.6. The number of carbonyl (C=O) groups excluding carboxylic acids is 1. The molecule has 152 valence electrons. The number of likely N-dealkylation sites (tertiary alicyclic amines) is 1. The van der Waals surface area contributed by atoms with Crippen LogP contribution >= 0.6 is 0 Å². The third kappa shape index (κ3) is 3.46. The summed E-state index contributed by atoms with van der Waals surface area (Å²) in [6, 6.07) is 15.2. The third-order valence-electron chi connectivity index (χ3n) is 7.02. The zero-order valence-electron chi connectivity index (χ0n) is 16.4. The highest BCUT2D eigenvalue weighted by Crippen LogP contribution is 2.44.